The number of methoxy groups -OCH3 is 1. The van der Waals surface area contributed by atoms with E-state index >= 15 is 0 Å². The largest absolute Gasteiger partial charge is 0.407 e. The maximum Gasteiger partial charge on any atom is 0.315 e. The number of hydrogen-bond donors (Lipinski definition) is 2. The first-order valence-electron chi connectivity index (χ1n) is 6.67. The van der Waals surface area contributed by atoms with Crippen LogP contribution in [-0.2, 0) is 11.3 Å². The molecule has 0 radical (unpaired) electrons. The van der Waals surface area contributed by atoms with E-state index in [1.807, 2.05) is 0 Å². The Morgan fingerprint density at radius 2 is 2.17 bits per heavy atom. The van der Waals surface area contributed by atoms with E-state index in [1.165, 1.54) is 12.8 Å². The molecular formula is C12H22N4O2. The maximum atomic E-state index is 5.47. The van der Waals surface area contributed by atoms with Crippen LogP contribution < -0.4 is 10.6 Å². The van der Waals surface area contributed by atoms with Gasteiger partial charge in [0.25, 0.3) is 0 Å². The first-order chi connectivity index (χ1) is 8.88. The first kappa shape index (κ1) is 13.3. The van der Waals surface area contributed by atoms with Gasteiger partial charge in [-0.05, 0) is 32.1 Å². The molecule has 0 bridgehead atoms. The molecule has 6 nitrogen and oxygen atoms in total. The molecule has 1 aliphatic rings. The van der Waals surface area contributed by atoms with Gasteiger partial charge in [-0.2, -0.15) is 0 Å². The lowest BCUT2D eigenvalue weighted by Gasteiger charge is -2.01. The Morgan fingerprint density at radius 1 is 1.28 bits per heavy atom. The van der Waals surface area contributed by atoms with Crippen LogP contribution in [0.2, 0.25) is 0 Å². The standard InChI is InChI=1S/C12H22N4O2/c1-17-8-4-2-3-7-13-12-16-15-11(18-12)9-14-10-5-6-10/h10,14H,2-9H2,1H3,(H,13,16). The van der Waals surface area contributed by atoms with Crippen molar-refractivity contribution >= 4 is 6.01 Å². The average molecular weight is 254 g/mol. The third kappa shape index (κ3) is 5.01. The number of anilines is 1. The molecule has 0 spiro atoms. The van der Waals surface area contributed by atoms with Gasteiger partial charge in [-0.3, -0.25) is 0 Å². The van der Waals surface area contributed by atoms with Gasteiger partial charge < -0.3 is 19.8 Å². The van der Waals surface area contributed by atoms with E-state index in [4.69, 9.17) is 9.15 Å². The summed E-state index contributed by atoms with van der Waals surface area (Å²) in [5, 5.41) is 14.4. The number of nitrogens with zero attached hydrogens (tertiary/aromatic N) is 2. The Morgan fingerprint density at radius 3 is 2.94 bits per heavy atom. The molecule has 6 heteroatoms. The number of ether oxygens (including phenoxy) is 1. The van der Waals surface area contributed by atoms with Gasteiger partial charge in [0, 0.05) is 26.3 Å². The summed E-state index contributed by atoms with van der Waals surface area (Å²) in [7, 11) is 1.73. The van der Waals surface area contributed by atoms with E-state index in [9.17, 15) is 0 Å². The molecule has 1 aromatic heterocycles. The molecule has 102 valence electrons. The highest BCUT2D eigenvalue weighted by Gasteiger charge is 2.21. The normalized spacial score (nSPS) is 14.9. The van der Waals surface area contributed by atoms with Gasteiger partial charge in [0.2, 0.25) is 5.89 Å². The highest BCUT2D eigenvalue weighted by Crippen LogP contribution is 2.19. The van der Waals surface area contributed by atoms with Crippen molar-refractivity contribution in [3.8, 4) is 0 Å². The lowest BCUT2D eigenvalue weighted by molar-refractivity contribution is 0.192. The summed E-state index contributed by atoms with van der Waals surface area (Å²) in [5.74, 6) is 0.656. The molecule has 1 aromatic rings. The summed E-state index contributed by atoms with van der Waals surface area (Å²) >= 11 is 0. The second-order valence-electron chi connectivity index (χ2n) is 4.64. The third-order valence-electron chi connectivity index (χ3n) is 2.89. The minimum Gasteiger partial charge on any atom is -0.407 e. The van der Waals surface area contributed by atoms with Gasteiger partial charge in [-0.25, -0.2) is 0 Å². The van der Waals surface area contributed by atoms with Crippen LogP contribution in [0.1, 0.15) is 38.0 Å². The molecule has 18 heavy (non-hydrogen) atoms. The average Bonchev–Trinajstić information content (AvgIpc) is 3.11. The number of aromatic nitrogens is 2. The molecular weight excluding hydrogens is 232 g/mol. The lowest BCUT2D eigenvalue weighted by Crippen LogP contribution is -2.15. The van der Waals surface area contributed by atoms with Crippen LogP contribution in [0.25, 0.3) is 0 Å². The highest BCUT2D eigenvalue weighted by atomic mass is 16.5. The van der Waals surface area contributed by atoms with Crippen molar-refractivity contribution in [3.05, 3.63) is 5.89 Å². The fourth-order valence-electron chi connectivity index (χ4n) is 1.66. The van der Waals surface area contributed by atoms with Crippen molar-refractivity contribution in [2.24, 2.45) is 0 Å². The van der Waals surface area contributed by atoms with Crippen molar-refractivity contribution in [1.29, 1.82) is 0 Å². The summed E-state index contributed by atoms with van der Waals surface area (Å²) in [5.41, 5.74) is 0. The third-order valence-corrected chi connectivity index (χ3v) is 2.89. The van der Waals surface area contributed by atoms with E-state index in [2.05, 4.69) is 20.8 Å². The lowest BCUT2D eigenvalue weighted by atomic mass is 10.2. The van der Waals surface area contributed by atoms with Crippen molar-refractivity contribution in [1.82, 2.24) is 15.5 Å². The molecule has 1 saturated carbocycles. The molecule has 1 aliphatic carbocycles. The summed E-state index contributed by atoms with van der Waals surface area (Å²) in [6.07, 6.45) is 5.85. The number of hydrogen-bond acceptors (Lipinski definition) is 6. The predicted molar refractivity (Wildman–Crippen MR) is 68.4 cm³/mol. The van der Waals surface area contributed by atoms with Gasteiger partial charge in [0.1, 0.15) is 0 Å². The smallest absolute Gasteiger partial charge is 0.315 e. The Balaban J connectivity index is 1.54. The zero-order chi connectivity index (χ0) is 12.6. The Labute approximate surface area is 107 Å². The minimum atomic E-state index is 0.523. The van der Waals surface area contributed by atoms with Crippen LogP contribution in [-0.4, -0.2) is 36.5 Å². The molecule has 0 unspecified atom stereocenters. The van der Waals surface area contributed by atoms with Crippen LogP contribution in [0.5, 0.6) is 0 Å². The zero-order valence-corrected chi connectivity index (χ0v) is 10.9. The number of nitrogens with one attached hydrogen (secondary N) is 2. The maximum absolute atomic E-state index is 5.47. The second kappa shape index (κ2) is 7.33. The van der Waals surface area contributed by atoms with Gasteiger partial charge in [0.05, 0.1) is 6.54 Å². The molecule has 0 amide bonds. The number of rotatable bonds is 10. The highest BCUT2D eigenvalue weighted by molar-refractivity contribution is 5.16. The molecule has 0 atom stereocenters. The van der Waals surface area contributed by atoms with Crippen LogP contribution in [0.15, 0.2) is 4.42 Å². The van der Waals surface area contributed by atoms with E-state index < -0.39 is 0 Å². The Hall–Kier alpha value is -1.14. The van der Waals surface area contributed by atoms with Gasteiger partial charge >= 0.3 is 6.01 Å². The molecule has 0 aromatic carbocycles. The van der Waals surface area contributed by atoms with Crippen molar-refractivity contribution in [2.45, 2.75) is 44.7 Å². The van der Waals surface area contributed by atoms with Gasteiger partial charge in [-0.1, -0.05) is 5.10 Å². The van der Waals surface area contributed by atoms with E-state index in [1.54, 1.807) is 7.11 Å². The van der Waals surface area contributed by atoms with Crippen LogP contribution in [0.4, 0.5) is 6.01 Å². The summed E-state index contributed by atoms with van der Waals surface area (Å²) in [4.78, 5) is 0. The SMILES string of the molecule is COCCCCCNc1nnc(CNC2CC2)o1. The van der Waals surface area contributed by atoms with Crippen LogP contribution in [0.3, 0.4) is 0 Å². The molecule has 2 rings (SSSR count). The molecule has 2 N–H and O–H groups in total. The molecule has 1 fully saturated rings. The zero-order valence-electron chi connectivity index (χ0n) is 10.9. The van der Waals surface area contributed by atoms with Crippen LogP contribution in [0, 0.1) is 0 Å². The molecule has 0 aliphatic heterocycles. The fourth-order valence-corrected chi connectivity index (χ4v) is 1.66. The van der Waals surface area contributed by atoms with Gasteiger partial charge in [0.15, 0.2) is 0 Å². The van der Waals surface area contributed by atoms with E-state index in [0.29, 0.717) is 24.5 Å². The first-order valence-corrected chi connectivity index (χ1v) is 6.67. The monoisotopic (exact) mass is 254 g/mol. The van der Waals surface area contributed by atoms with Gasteiger partial charge in [-0.15, -0.1) is 5.10 Å². The van der Waals surface area contributed by atoms with Crippen molar-refractivity contribution < 1.29 is 9.15 Å². The summed E-state index contributed by atoms with van der Waals surface area (Å²) in [6, 6.07) is 1.18. The second-order valence-corrected chi connectivity index (χ2v) is 4.64. The predicted octanol–water partition coefficient (Wildman–Crippen LogP) is 1.55. The fraction of sp³-hybridized carbons (Fsp3) is 0.833. The van der Waals surface area contributed by atoms with Crippen LogP contribution >= 0.6 is 0 Å². The molecule has 0 saturated heterocycles. The topological polar surface area (TPSA) is 72.2 Å². The summed E-state index contributed by atoms with van der Waals surface area (Å²) in [6.45, 7) is 2.37. The summed E-state index contributed by atoms with van der Waals surface area (Å²) < 4.78 is 10.5. The molecule has 1 heterocycles. The minimum absolute atomic E-state index is 0.523. The Kier molecular flexibility index (Phi) is 5.41. The van der Waals surface area contributed by atoms with E-state index in [0.717, 1.165) is 32.4 Å². The van der Waals surface area contributed by atoms with Crippen molar-refractivity contribution in [2.75, 3.05) is 25.6 Å². The quantitative estimate of drug-likeness (QED) is 0.617. The number of unbranched alkanes of at least 4 members (excludes halogenated alkanes) is 2. The van der Waals surface area contributed by atoms with Crippen molar-refractivity contribution in [3.63, 3.8) is 0 Å². The van der Waals surface area contributed by atoms with E-state index in [-0.39, 0.29) is 0 Å². The Bertz CT molecular complexity index is 339.